The second kappa shape index (κ2) is 12.9. The maximum Gasteiger partial charge on any atom is 0.266 e. The van der Waals surface area contributed by atoms with Gasteiger partial charge in [-0.2, -0.15) is 5.21 Å². The number of H-pyrrole nitrogens is 1. The number of ether oxygens (including phenoxy) is 2. The van der Waals surface area contributed by atoms with Crippen LogP contribution in [-0.2, 0) is 16.0 Å². The van der Waals surface area contributed by atoms with E-state index in [2.05, 4.69) is 61.9 Å². The fourth-order valence-corrected chi connectivity index (χ4v) is 6.29. The number of tetrazole rings is 1. The average molecular weight is 587 g/mol. The molecule has 4 aromatic rings. The minimum Gasteiger partial charge on any atom is -0.492 e. The number of benzene rings is 3. The summed E-state index contributed by atoms with van der Waals surface area (Å²) in [6.45, 7) is 5.32. The number of thiocarbonyl (C=S) groups is 1. The SMILES string of the molecule is O=C1C(=Cc2ccc(OCCN3CCOCC3)c(-c3ccc4ccccc4c3)c2)SC(=S)N1CCCc1nn[nH]n1. The van der Waals surface area contributed by atoms with Gasteiger partial charge in [-0.25, -0.2) is 0 Å². The molecule has 1 N–H and O–H groups in total. The Morgan fingerprint density at radius 3 is 2.73 bits per heavy atom. The topological polar surface area (TPSA) is 96.5 Å². The molecule has 6 rings (SSSR count). The number of morpholine rings is 1. The molecule has 3 heterocycles. The number of carbonyl (C=O) groups is 1. The fraction of sp³-hybridized carbons (Fsp3) is 0.300. The van der Waals surface area contributed by atoms with Gasteiger partial charge in [0.1, 0.15) is 16.7 Å². The molecule has 2 aliphatic heterocycles. The van der Waals surface area contributed by atoms with Crippen molar-refractivity contribution in [1.29, 1.82) is 0 Å². The van der Waals surface area contributed by atoms with Gasteiger partial charge in [0.05, 0.1) is 18.1 Å². The summed E-state index contributed by atoms with van der Waals surface area (Å²) in [5.41, 5.74) is 2.97. The van der Waals surface area contributed by atoms with Gasteiger partial charge in [-0.1, -0.05) is 71.7 Å². The number of aryl methyl sites for hydroxylation is 1. The molecule has 2 saturated heterocycles. The van der Waals surface area contributed by atoms with Crippen molar-refractivity contribution in [1.82, 2.24) is 30.4 Å². The Bertz CT molecular complexity index is 1570. The molecular weight excluding hydrogens is 557 g/mol. The van der Waals surface area contributed by atoms with E-state index in [0.717, 1.165) is 60.7 Å². The molecule has 0 atom stereocenters. The molecule has 0 unspecified atom stereocenters. The molecule has 3 aromatic carbocycles. The zero-order valence-electron chi connectivity index (χ0n) is 22.5. The van der Waals surface area contributed by atoms with E-state index >= 15 is 0 Å². The van der Waals surface area contributed by atoms with Crippen LogP contribution < -0.4 is 4.74 Å². The highest BCUT2D eigenvalue weighted by molar-refractivity contribution is 8.26. The van der Waals surface area contributed by atoms with Gasteiger partial charge in [-0.15, -0.1) is 10.2 Å². The summed E-state index contributed by atoms with van der Waals surface area (Å²) < 4.78 is 12.4. The molecule has 0 bridgehead atoms. The minimum atomic E-state index is -0.0776. The fourth-order valence-electron chi connectivity index (χ4n) is 4.98. The summed E-state index contributed by atoms with van der Waals surface area (Å²) in [7, 11) is 0. The standard InChI is InChI=1S/C30H30N6O3S2/c37-29-27(41-30(40)36(29)11-3-6-28-31-33-34-32-28)19-21-7-10-26(39-17-14-35-12-15-38-16-13-35)25(18-21)24-9-8-22-4-1-2-5-23(22)20-24/h1-2,4-5,7-10,18-20H,3,6,11-17H2,(H,31,32,33,34). The van der Waals surface area contributed by atoms with E-state index in [1.807, 2.05) is 30.3 Å². The van der Waals surface area contributed by atoms with Gasteiger partial charge in [-0.05, 0) is 52.6 Å². The summed E-state index contributed by atoms with van der Waals surface area (Å²) in [5.74, 6) is 1.37. The maximum absolute atomic E-state index is 13.2. The molecule has 210 valence electrons. The Hall–Kier alpha value is -3.64. The first-order chi connectivity index (χ1) is 20.1. The predicted molar refractivity (Wildman–Crippen MR) is 165 cm³/mol. The van der Waals surface area contributed by atoms with E-state index in [1.165, 1.54) is 17.1 Å². The van der Waals surface area contributed by atoms with Crippen molar-refractivity contribution in [2.75, 3.05) is 46.0 Å². The number of carbonyl (C=O) groups excluding carboxylic acids is 1. The third kappa shape index (κ3) is 6.65. The third-order valence-electron chi connectivity index (χ3n) is 7.18. The smallest absolute Gasteiger partial charge is 0.266 e. The summed E-state index contributed by atoms with van der Waals surface area (Å²) in [6.07, 6.45) is 3.23. The Balaban J connectivity index is 1.22. The second-order valence-electron chi connectivity index (χ2n) is 9.88. The van der Waals surface area contributed by atoms with Crippen LogP contribution in [-0.4, -0.2) is 86.7 Å². The summed E-state index contributed by atoms with van der Waals surface area (Å²) in [5, 5.41) is 16.3. The molecule has 9 nitrogen and oxygen atoms in total. The number of aromatic amines is 1. The van der Waals surface area contributed by atoms with Crippen molar-refractivity contribution >= 4 is 51.1 Å². The number of amides is 1. The van der Waals surface area contributed by atoms with E-state index < -0.39 is 0 Å². The monoisotopic (exact) mass is 586 g/mol. The number of hydrogen-bond acceptors (Lipinski definition) is 9. The molecule has 0 radical (unpaired) electrons. The van der Waals surface area contributed by atoms with Crippen molar-refractivity contribution in [3.8, 4) is 16.9 Å². The van der Waals surface area contributed by atoms with E-state index in [-0.39, 0.29) is 5.91 Å². The molecule has 2 fully saturated rings. The van der Waals surface area contributed by atoms with Gasteiger partial charge in [0, 0.05) is 38.2 Å². The van der Waals surface area contributed by atoms with Crippen molar-refractivity contribution in [2.24, 2.45) is 0 Å². The van der Waals surface area contributed by atoms with Crippen LogP contribution in [0.2, 0.25) is 0 Å². The molecule has 11 heteroatoms. The van der Waals surface area contributed by atoms with E-state index in [0.29, 0.717) is 41.0 Å². The summed E-state index contributed by atoms with van der Waals surface area (Å²) in [4.78, 5) is 17.9. The van der Waals surface area contributed by atoms with E-state index in [4.69, 9.17) is 21.7 Å². The van der Waals surface area contributed by atoms with Crippen molar-refractivity contribution in [3.05, 3.63) is 77.0 Å². The van der Waals surface area contributed by atoms with Crippen LogP contribution in [0.5, 0.6) is 5.75 Å². The van der Waals surface area contributed by atoms with Gasteiger partial charge in [0.25, 0.3) is 5.91 Å². The zero-order chi connectivity index (χ0) is 28.0. The predicted octanol–water partition coefficient (Wildman–Crippen LogP) is 4.56. The largest absolute Gasteiger partial charge is 0.492 e. The van der Waals surface area contributed by atoms with Gasteiger partial charge in [0.15, 0.2) is 5.82 Å². The minimum absolute atomic E-state index is 0.0776. The normalized spacial score (nSPS) is 17.2. The van der Waals surface area contributed by atoms with Crippen LogP contribution >= 0.6 is 24.0 Å². The van der Waals surface area contributed by atoms with Crippen LogP contribution in [0.3, 0.4) is 0 Å². The summed E-state index contributed by atoms with van der Waals surface area (Å²) in [6, 6.07) is 20.9. The van der Waals surface area contributed by atoms with E-state index in [1.54, 1.807) is 4.90 Å². The van der Waals surface area contributed by atoms with E-state index in [9.17, 15) is 4.79 Å². The number of thioether (sulfide) groups is 1. The maximum atomic E-state index is 13.2. The molecule has 41 heavy (non-hydrogen) atoms. The van der Waals surface area contributed by atoms with Crippen LogP contribution in [0.15, 0.2) is 65.6 Å². The number of rotatable bonds is 10. The van der Waals surface area contributed by atoms with Crippen LogP contribution in [0.4, 0.5) is 0 Å². The Kier molecular flexibility index (Phi) is 8.66. The molecule has 1 aromatic heterocycles. The Morgan fingerprint density at radius 1 is 1.05 bits per heavy atom. The van der Waals surface area contributed by atoms with Gasteiger partial charge >= 0.3 is 0 Å². The highest BCUT2D eigenvalue weighted by Crippen LogP contribution is 2.36. The molecule has 0 spiro atoms. The molecule has 0 aliphatic carbocycles. The van der Waals surface area contributed by atoms with Crippen molar-refractivity contribution in [2.45, 2.75) is 12.8 Å². The number of hydrogen-bond donors (Lipinski definition) is 1. The van der Waals surface area contributed by atoms with Crippen molar-refractivity contribution in [3.63, 3.8) is 0 Å². The number of nitrogens with zero attached hydrogens (tertiary/aromatic N) is 5. The molecule has 1 amide bonds. The second-order valence-corrected chi connectivity index (χ2v) is 11.6. The highest BCUT2D eigenvalue weighted by Gasteiger charge is 2.31. The third-order valence-corrected chi connectivity index (χ3v) is 8.55. The Labute approximate surface area is 247 Å². The van der Waals surface area contributed by atoms with Crippen LogP contribution in [0, 0.1) is 0 Å². The highest BCUT2D eigenvalue weighted by atomic mass is 32.2. The number of fused-ring (bicyclic) bond motifs is 1. The lowest BCUT2D eigenvalue weighted by molar-refractivity contribution is -0.122. The number of aromatic nitrogens is 4. The van der Waals surface area contributed by atoms with Crippen LogP contribution in [0.1, 0.15) is 17.8 Å². The summed E-state index contributed by atoms with van der Waals surface area (Å²) >= 11 is 6.87. The van der Waals surface area contributed by atoms with Gasteiger partial charge in [-0.3, -0.25) is 14.6 Å². The molecular formula is C30H30N6O3S2. The lowest BCUT2D eigenvalue weighted by atomic mass is 9.98. The average Bonchev–Trinajstić information content (AvgIpc) is 3.62. The lowest BCUT2D eigenvalue weighted by Gasteiger charge is -2.26. The quantitative estimate of drug-likeness (QED) is 0.212. The lowest BCUT2D eigenvalue weighted by Crippen LogP contribution is -2.38. The first-order valence-corrected chi connectivity index (χ1v) is 14.9. The molecule has 2 aliphatic rings. The van der Waals surface area contributed by atoms with Gasteiger partial charge < -0.3 is 9.47 Å². The zero-order valence-corrected chi connectivity index (χ0v) is 24.1. The van der Waals surface area contributed by atoms with Gasteiger partial charge in [0.2, 0.25) is 0 Å². The Morgan fingerprint density at radius 2 is 1.90 bits per heavy atom. The van der Waals surface area contributed by atoms with Crippen LogP contribution in [0.25, 0.3) is 28.0 Å². The first-order valence-electron chi connectivity index (χ1n) is 13.7. The first kappa shape index (κ1) is 27.5. The van der Waals surface area contributed by atoms with Crippen molar-refractivity contribution < 1.29 is 14.3 Å². The molecule has 0 saturated carbocycles. The number of nitrogens with one attached hydrogen (secondary N) is 1.